The number of methoxy groups -OCH3 is 1. The summed E-state index contributed by atoms with van der Waals surface area (Å²) in [7, 11) is 1.50. The van der Waals surface area contributed by atoms with Crippen molar-refractivity contribution in [1.29, 1.82) is 5.26 Å². The second kappa shape index (κ2) is 8.91. The van der Waals surface area contributed by atoms with Crippen LogP contribution in [-0.4, -0.2) is 18.1 Å². The van der Waals surface area contributed by atoms with Crippen molar-refractivity contribution in [1.82, 2.24) is 5.32 Å². The van der Waals surface area contributed by atoms with Gasteiger partial charge in [0.25, 0.3) is 5.91 Å². The van der Waals surface area contributed by atoms with Gasteiger partial charge in [0.15, 0.2) is 5.11 Å². The van der Waals surface area contributed by atoms with Gasteiger partial charge < -0.3 is 10.1 Å². The molecule has 1 aromatic heterocycles. The van der Waals surface area contributed by atoms with Crippen molar-refractivity contribution < 1.29 is 9.53 Å². The standard InChI is InChI=1S/C19H17Br2N3O2S2/c1-9-3-4-11-13(8-22)18(28-15(11)5-9)24-19(27)23-17(25)12-6-10(20)7-14(21)16(12)26-2/h6-7,9H,3-5H2,1-2H3,(H2,23,24,25,27). The predicted octanol–water partition coefficient (Wildman–Crippen LogP) is 5.40. The summed E-state index contributed by atoms with van der Waals surface area (Å²) < 4.78 is 6.71. The number of nitrogens with one attached hydrogen (secondary N) is 2. The highest BCUT2D eigenvalue weighted by molar-refractivity contribution is 9.11. The molecule has 9 heteroatoms. The lowest BCUT2D eigenvalue weighted by Gasteiger charge is -2.17. The maximum absolute atomic E-state index is 12.7. The number of nitrogens with zero attached hydrogens (tertiary/aromatic N) is 1. The summed E-state index contributed by atoms with van der Waals surface area (Å²) in [5, 5.41) is 16.1. The number of carbonyl (C=O) groups is 1. The zero-order valence-electron chi connectivity index (χ0n) is 15.2. The second-order valence-corrected chi connectivity index (χ2v) is 9.83. The Kier molecular flexibility index (Phi) is 6.76. The largest absolute Gasteiger partial charge is 0.495 e. The molecule has 0 saturated carbocycles. The predicted molar refractivity (Wildman–Crippen MR) is 122 cm³/mol. The average molecular weight is 543 g/mol. The first-order valence-corrected chi connectivity index (χ1v) is 11.3. The number of halogens is 2. The first kappa shape index (κ1) is 21.2. The van der Waals surface area contributed by atoms with Crippen LogP contribution in [0.25, 0.3) is 0 Å². The Labute approximate surface area is 189 Å². The maximum atomic E-state index is 12.7. The van der Waals surface area contributed by atoms with Gasteiger partial charge in [-0.1, -0.05) is 22.9 Å². The van der Waals surface area contributed by atoms with Crippen LogP contribution in [0.1, 0.15) is 39.7 Å². The van der Waals surface area contributed by atoms with Crippen molar-refractivity contribution in [2.45, 2.75) is 26.2 Å². The molecule has 2 aromatic rings. The van der Waals surface area contributed by atoms with E-state index in [4.69, 9.17) is 17.0 Å². The van der Waals surface area contributed by atoms with E-state index in [1.165, 1.54) is 12.0 Å². The molecule has 0 radical (unpaired) electrons. The van der Waals surface area contributed by atoms with Crippen LogP contribution < -0.4 is 15.4 Å². The fourth-order valence-corrected chi connectivity index (χ4v) is 6.21. The minimum Gasteiger partial charge on any atom is -0.495 e. The van der Waals surface area contributed by atoms with Crippen LogP contribution in [0.3, 0.4) is 0 Å². The molecule has 0 aliphatic heterocycles. The molecule has 146 valence electrons. The molecular formula is C19H17Br2N3O2S2. The summed E-state index contributed by atoms with van der Waals surface area (Å²) in [5.74, 6) is 0.631. The Balaban J connectivity index is 1.79. The third-order valence-electron chi connectivity index (χ3n) is 4.53. The molecule has 0 saturated heterocycles. The Morgan fingerprint density at radius 3 is 2.86 bits per heavy atom. The summed E-state index contributed by atoms with van der Waals surface area (Å²) >= 11 is 13.6. The fraction of sp³-hybridized carbons (Fsp3) is 0.316. The van der Waals surface area contributed by atoms with Crippen LogP contribution in [0, 0.1) is 17.2 Å². The van der Waals surface area contributed by atoms with Gasteiger partial charge in [-0.3, -0.25) is 10.1 Å². The number of ether oxygens (including phenoxy) is 1. The van der Waals surface area contributed by atoms with Gasteiger partial charge >= 0.3 is 0 Å². The zero-order valence-corrected chi connectivity index (χ0v) is 20.0. The Morgan fingerprint density at radius 2 is 2.18 bits per heavy atom. The van der Waals surface area contributed by atoms with E-state index in [0.29, 0.717) is 32.3 Å². The molecule has 0 fully saturated rings. The Morgan fingerprint density at radius 1 is 1.43 bits per heavy atom. The van der Waals surface area contributed by atoms with Gasteiger partial charge in [0.1, 0.15) is 16.8 Å². The van der Waals surface area contributed by atoms with Gasteiger partial charge in [0.2, 0.25) is 0 Å². The lowest BCUT2D eigenvalue weighted by atomic mass is 9.89. The lowest BCUT2D eigenvalue weighted by Crippen LogP contribution is -2.34. The zero-order chi connectivity index (χ0) is 20.4. The molecule has 1 heterocycles. The molecule has 1 aliphatic carbocycles. The topological polar surface area (TPSA) is 74.2 Å². The minimum absolute atomic E-state index is 0.145. The highest BCUT2D eigenvalue weighted by atomic mass is 79.9. The van der Waals surface area contributed by atoms with Crippen LogP contribution in [0.5, 0.6) is 5.75 Å². The number of amides is 1. The number of thiocarbonyl (C=S) groups is 1. The van der Waals surface area contributed by atoms with Crippen LogP contribution in [0.2, 0.25) is 0 Å². The minimum atomic E-state index is -0.398. The molecule has 5 nitrogen and oxygen atoms in total. The van der Waals surface area contributed by atoms with Crippen molar-refractivity contribution in [2.24, 2.45) is 5.92 Å². The van der Waals surface area contributed by atoms with E-state index in [9.17, 15) is 10.1 Å². The number of carbonyl (C=O) groups excluding carboxylic acids is 1. The number of rotatable bonds is 3. The van der Waals surface area contributed by atoms with Gasteiger partial charge in [0, 0.05) is 9.35 Å². The number of nitriles is 1. The van der Waals surface area contributed by atoms with Crippen LogP contribution in [-0.2, 0) is 12.8 Å². The van der Waals surface area contributed by atoms with Crippen molar-refractivity contribution in [3.8, 4) is 11.8 Å². The van der Waals surface area contributed by atoms with E-state index < -0.39 is 5.91 Å². The number of benzene rings is 1. The molecule has 0 bridgehead atoms. The molecule has 1 aliphatic rings. The molecule has 3 rings (SSSR count). The van der Waals surface area contributed by atoms with E-state index in [-0.39, 0.29) is 5.11 Å². The summed E-state index contributed by atoms with van der Waals surface area (Å²) in [6.07, 6.45) is 2.95. The molecule has 1 amide bonds. The summed E-state index contributed by atoms with van der Waals surface area (Å²) in [5.41, 5.74) is 2.08. The third-order valence-corrected chi connectivity index (χ3v) is 6.96. The normalized spacial score (nSPS) is 15.3. The molecule has 28 heavy (non-hydrogen) atoms. The third kappa shape index (κ3) is 4.40. The number of fused-ring (bicyclic) bond motifs is 1. The van der Waals surface area contributed by atoms with Crippen molar-refractivity contribution in [3.05, 3.63) is 42.6 Å². The Hall–Kier alpha value is -1.47. The molecular weight excluding hydrogens is 526 g/mol. The smallest absolute Gasteiger partial charge is 0.261 e. The average Bonchev–Trinajstić information content (AvgIpc) is 2.96. The number of thiophene rings is 1. The molecule has 1 aromatic carbocycles. The van der Waals surface area contributed by atoms with Gasteiger partial charge in [-0.2, -0.15) is 5.26 Å². The van der Waals surface area contributed by atoms with Gasteiger partial charge in [0.05, 0.1) is 22.7 Å². The Bertz CT molecular complexity index is 998. The van der Waals surface area contributed by atoms with Crippen molar-refractivity contribution >= 4 is 71.4 Å². The molecule has 1 atom stereocenters. The SMILES string of the molecule is COc1c(Br)cc(Br)cc1C(=O)NC(=S)Nc1sc2c(c1C#N)CCC(C)C2. The van der Waals surface area contributed by atoms with E-state index in [1.54, 1.807) is 23.5 Å². The maximum Gasteiger partial charge on any atom is 0.261 e. The van der Waals surface area contributed by atoms with E-state index in [2.05, 4.69) is 55.5 Å². The molecule has 2 N–H and O–H groups in total. The number of hydrogen-bond donors (Lipinski definition) is 2. The molecule has 0 spiro atoms. The van der Waals surface area contributed by atoms with Crippen molar-refractivity contribution in [3.63, 3.8) is 0 Å². The van der Waals surface area contributed by atoms with Gasteiger partial charge in [-0.05, 0) is 71.0 Å². The highest BCUT2D eigenvalue weighted by Crippen LogP contribution is 2.39. The first-order chi connectivity index (χ1) is 13.3. The van der Waals surface area contributed by atoms with Crippen LogP contribution >= 0.6 is 55.4 Å². The summed E-state index contributed by atoms with van der Waals surface area (Å²) in [4.78, 5) is 13.9. The first-order valence-electron chi connectivity index (χ1n) is 8.54. The van der Waals surface area contributed by atoms with E-state index >= 15 is 0 Å². The quantitative estimate of drug-likeness (QED) is 0.507. The van der Waals surface area contributed by atoms with Crippen LogP contribution in [0.4, 0.5) is 5.00 Å². The fourth-order valence-electron chi connectivity index (χ4n) is 3.20. The van der Waals surface area contributed by atoms with E-state index in [0.717, 1.165) is 29.3 Å². The number of anilines is 1. The van der Waals surface area contributed by atoms with E-state index in [1.807, 2.05) is 0 Å². The summed E-state index contributed by atoms with van der Waals surface area (Å²) in [6.45, 7) is 2.22. The van der Waals surface area contributed by atoms with Crippen LogP contribution in [0.15, 0.2) is 21.1 Å². The lowest BCUT2D eigenvalue weighted by molar-refractivity contribution is 0.0974. The molecule has 1 unspecified atom stereocenters. The van der Waals surface area contributed by atoms with Crippen molar-refractivity contribution in [2.75, 3.05) is 12.4 Å². The second-order valence-electron chi connectivity index (χ2n) is 6.54. The highest BCUT2D eigenvalue weighted by Gasteiger charge is 2.25. The summed E-state index contributed by atoms with van der Waals surface area (Å²) in [6, 6.07) is 5.74. The van der Waals surface area contributed by atoms with Gasteiger partial charge in [-0.15, -0.1) is 11.3 Å². The number of hydrogen-bond acceptors (Lipinski definition) is 5. The monoisotopic (exact) mass is 541 g/mol. The van der Waals surface area contributed by atoms with Gasteiger partial charge in [-0.25, -0.2) is 0 Å².